The smallest absolute Gasteiger partial charge is 0.315 e. The van der Waals surface area contributed by atoms with Crippen LogP contribution in [0.15, 0.2) is 85.2 Å². The van der Waals surface area contributed by atoms with Crippen molar-refractivity contribution in [3.05, 3.63) is 119 Å². The third-order valence-corrected chi connectivity index (χ3v) is 9.41. The minimum Gasteiger partial charge on any atom is -0.481 e. The lowest BCUT2D eigenvalue weighted by Crippen LogP contribution is -2.12. The number of aliphatic carboxylic acids is 1. The number of ketones is 1. The molecule has 13 heteroatoms. The van der Waals surface area contributed by atoms with Gasteiger partial charge in [-0.25, -0.2) is 11.8 Å². The molecule has 2 aliphatic heterocycles. The first-order valence-corrected chi connectivity index (χ1v) is 16.5. The van der Waals surface area contributed by atoms with E-state index < -0.39 is 11.9 Å². The summed E-state index contributed by atoms with van der Waals surface area (Å²) in [6.07, 6.45) is 3.86. The Kier molecular flexibility index (Phi) is 9.58. The minimum absolute atomic E-state index is 0.0748. The average Bonchev–Trinajstić information content (AvgIpc) is 3.92. The van der Waals surface area contributed by atoms with Gasteiger partial charge in [0, 0.05) is 48.3 Å². The molecule has 5 N–H and O–H groups in total. The standard InChI is InChI=1S/C20H20N2O4.C19H18N2O5/c1-12(23)20(14-4-6-18-19(8-14)25-11-24-18)16-9-22(2)17-7-13(10-26-21)3-5-15(16)17;1-21-8-14(13-4-2-11(9-26-20)6-15(13)21)18(19(22)23)12-3-5-16-17(7-12)25-10-24-16/h3-9,20H,10-11,21H2,1-2H3;2-8,18H,9-10,20H2,1H3,(H,22,23). The van der Waals surface area contributed by atoms with Crippen molar-refractivity contribution >= 4 is 33.6 Å². The second-order valence-electron chi connectivity index (χ2n) is 12.8. The van der Waals surface area contributed by atoms with Crippen molar-refractivity contribution < 1.29 is 43.3 Å². The summed E-state index contributed by atoms with van der Waals surface area (Å²) in [5.41, 5.74) is 7.07. The molecule has 0 bridgehead atoms. The summed E-state index contributed by atoms with van der Waals surface area (Å²) in [5, 5.41) is 11.8. The maximum atomic E-state index is 12.5. The van der Waals surface area contributed by atoms with E-state index in [0.717, 1.165) is 44.1 Å². The molecule has 0 aliphatic carbocycles. The third kappa shape index (κ3) is 6.53. The topological polar surface area (TPSA) is 172 Å². The predicted molar refractivity (Wildman–Crippen MR) is 191 cm³/mol. The highest BCUT2D eigenvalue weighted by Crippen LogP contribution is 2.40. The number of nitrogens with zero attached hydrogens (tertiary/aromatic N) is 2. The van der Waals surface area contributed by atoms with Crippen molar-refractivity contribution in [1.82, 2.24) is 9.13 Å². The van der Waals surface area contributed by atoms with Crippen LogP contribution in [0.2, 0.25) is 0 Å². The molecule has 2 atom stereocenters. The molecule has 4 aromatic carbocycles. The molecule has 268 valence electrons. The van der Waals surface area contributed by atoms with Crippen LogP contribution in [0.25, 0.3) is 21.8 Å². The van der Waals surface area contributed by atoms with Gasteiger partial charge in [0.05, 0.1) is 19.1 Å². The zero-order chi connectivity index (χ0) is 36.5. The molecule has 13 nitrogen and oxygen atoms in total. The number of carboxylic acids is 1. The number of ether oxygens (including phenoxy) is 4. The Balaban J connectivity index is 0.000000162. The van der Waals surface area contributed by atoms with E-state index in [1.54, 1.807) is 25.1 Å². The summed E-state index contributed by atoms with van der Waals surface area (Å²) in [6.45, 7) is 2.61. The number of carboxylic acid groups (broad SMARTS) is 1. The number of nitrogens with two attached hydrogens (primary N) is 2. The Hall–Kier alpha value is -5.86. The van der Waals surface area contributed by atoms with Gasteiger partial charge in [-0.15, -0.1) is 0 Å². The first-order valence-electron chi connectivity index (χ1n) is 16.5. The number of hydrogen-bond acceptors (Lipinski definition) is 10. The van der Waals surface area contributed by atoms with Gasteiger partial charge < -0.3 is 33.2 Å². The molecule has 0 saturated carbocycles. The van der Waals surface area contributed by atoms with Crippen LogP contribution in [0.4, 0.5) is 0 Å². The van der Waals surface area contributed by atoms with Gasteiger partial charge in [-0.3, -0.25) is 19.3 Å². The maximum Gasteiger partial charge on any atom is 0.315 e. The van der Waals surface area contributed by atoms with E-state index in [1.807, 2.05) is 90.2 Å². The van der Waals surface area contributed by atoms with Gasteiger partial charge in [0.1, 0.15) is 11.7 Å². The third-order valence-electron chi connectivity index (χ3n) is 9.41. The van der Waals surface area contributed by atoms with E-state index in [0.29, 0.717) is 47.3 Å². The van der Waals surface area contributed by atoms with Gasteiger partial charge in [0.15, 0.2) is 23.0 Å². The molecule has 0 saturated heterocycles. The van der Waals surface area contributed by atoms with Gasteiger partial charge in [-0.1, -0.05) is 36.4 Å². The monoisotopic (exact) mass is 706 g/mol. The van der Waals surface area contributed by atoms with Crippen LogP contribution in [0.5, 0.6) is 23.0 Å². The Bertz CT molecular complexity index is 2150. The van der Waals surface area contributed by atoms with Gasteiger partial charge in [0.25, 0.3) is 0 Å². The van der Waals surface area contributed by atoms with Crippen LogP contribution in [-0.4, -0.2) is 39.6 Å². The fraction of sp³-hybridized carbons (Fsp3) is 0.231. The van der Waals surface area contributed by atoms with E-state index in [9.17, 15) is 14.7 Å². The second kappa shape index (κ2) is 14.4. The van der Waals surface area contributed by atoms with Crippen molar-refractivity contribution in [3.8, 4) is 23.0 Å². The number of hydrogen-bond donors (Lipinski definition) is 3. The van der Waals surface area contributed by atoms with Gasteiger partial charge in [0.2, 0.25) is 13.6 Å². The maximum absolute atomic E-state index is 12.5. The van der Waals surface area contributed by atoms with Crippen molar-refractivity contribution in [2.45, 2.75) is 32.0 Å². The first kappa shape index (κ1) is 34.6. The molecule has 2 unspecified atom stereocenters. The Morgan fingerprint density at radius 1 is 0.673 bits per heavy atom. The minimum atomic E-state index is -0.925. The summed E-state index contributed by atoms with van der Waals surface area (Å²) in [7, 11) is 3.85. The summed E-state index contributed by atoms with van der Waals surface area (Å²) in [5.74, 6) is 10.9. The van der Waals surface area contributed by atoms with Crippen molar-refractivity contribution in [3.63, 3.8) is 0 Å². The SMILES string of the molecule is CC(=O)C(c1ccc2c(c1)OCO2)c1cn(C)c2cc(CON)ccc12.Cn1cc(C(C(=O)O)c2ccc3c(c2)OCO3)c2ccc(CON)cc21. The Morgan fingerprint density at radius 2 is 1.12 bits per heavy atom. The van der Waals surface area contributed by atoms with Crippen LogP contribution in [0, 0.1) is 0 Å². The molecule has 2 aromatic heterocycles. The number of carbonyl (C=O) groups is 2. The van der Waals surface area contributed by atoms with Gasteiger partial charge in [-0.2, -0.15) is 0 Å². The molecule has 8 rings (SSSR count). The van der Waals surface area contributed by atoms with E-state index in [-0.39, 0.29) is 25.3 Å². The molecular weight excluding hydrogens is 668 g/mol. The zero-order valence-corrected chi connectivity index (χ0v) is 28.8. The average molecular weight is 707 g/mol. The normalized spacial score (nSPS) is 13.9. The van der Waals surface area contributed by atoms with Crippen molar-refractivity contribution in [2.24, 2.45) is 25.9 Å². The molecule has 0 amide bonds. The fourth-order valence-electron chi connectivity index (χ4n) is 7.03. The van der Waals surface area contributed by atoms with Gasteiger partial charge >= 0.3 is 5.97 Å². The Labute approximate surface area is 298 Å². The molecule has 0 spiro atoms. The highest BCUT2D eigenvalue weighted by Gasteiger charge is 2.29. The molecule has 2 aliphatic rings. The largest absolute Gasteiger partial charge is 0.481 e. The molecule has 0 fully saturated rings. The predicted octanol–water partition coefficient (Wildman–Crippen LogP) is 5.53. The number of aryl methyl sites for hydroxylation is 2. The van der Waals surface area contributed by atoms with Crippen LogP contribution >= 0.6 is 0 Å². The quantitative estimate of drug-likeness (QED) is 0.153. The summed E-state index contributed by atoms with van der Waals surface area (Å²) in [4.78, 5) is 34.1. The number of carbonyl (C=O) groups excluding carboxylic acids is 1. The van der Waals surface area contributed by atoms with Gasteiger partial charge in [-0.05, 0) is 76.7 Å². The number of Topliss-reactive ketones (excluding diaryl/α,β-unsaturated/α-hetero) is 1. The first-order chi connectivity index (χ1) is 25.2. The number of benzene rings is 4. The number of rotatable bonds is 10. The van der Waals surface area contributed by atoms with E-state index in [4.69, 9.17) is 40.4 Å². The van der Waals surface area contributed by atoms with E-state index in [1.165, 1.54) is 0 Å². The summed E-state index contributed by atoms with van der Waals surface area (Å²) in [6, 6.07) is 22.7. The lowest BCUT2D eigenvalue weighted by Gasteiger charge is -2.14. The number of aromatic nitrogens is 2. The zero-order valence-electron chi connectivity index (χ0n) is 28.8. The Morgan fingerprint density at radius 3 is 1.56 bits per heavy atom. The molecule has 6 aromatic rings. The van der Waals surface area contributed by atoms with Crippen LogP contribution in [-0.2, 0) is 46.6 Å². The second-order valence-corrected chi connectivity index (χ2v) is 12.8. The fourth-order valence-corrected chi connectivity index (χ4v) is 7.03. The molecular formula is C39H38N4O9. The van der Waals surface area contributed by atoms with Crippen LogP contribution in [0.3, 0.4) is 0 Å². The van der Waals surface area contributed by atoms with E-state index in [2.05, 4.69) is 0 Å². The van der Waals surface area contributed by atoms with E-state index >= 15 is 0 Å². The lowest BCUT2D eigenvalue weighted by atomic mass is 9.87. The van der Waals surface area contributed by atoms with Crippen molar-refractivity contribution in [1.29, 1.82) is 0 Å². The lowest BCUT2D eigenvalue weighted by molar-refractivity contribution is -0.137. The summed E-state index contributed by atoms with van der Waals surface area (Å²) < 4.78 is 25.5. The van der Waals surface area contributed by atoms with Crippen LogP contribution < -0.4 is 30.7 Å². The molecule has 4 heterocycles. The highest BCUT2D eigenvalue weighted by molar-refractivity contribution is 5.95. The molecule has 52 heavy (non-hydrogen) atoms. The summed E-state index contributed by atoms with van der Waals surface area (Å²) >= 11 is 0. The number of fused-ring (bicyclic) bond motifs is 4. The van der Waals surface area contributed by atoms with Crippen molar-refractivity contribution in [2.75, 3.05) is 13.6 Å². The highest BCUT2D eigenvalue weighted by atomic mass is 16.7. The molecule has 0 radical (unpaired) electrons. The van der Waals surface area contributed by atoms with Crippen LogP contribution in [0.1, 0.15) is 52.1 Å².